The summed E-state index contributed by atoms with van der Waals surface area (Å²) in [5.41, 5.74) is 0. The molecule has 2 atom stereocenters. The minimum Gasteiger partial charge on any atom is -0.390 e. The van der Waals surface area contributed by atoms with Gasteiger partial charge in [-0.05, 0) is 19.9 Å². The van der Waals surface area contributed by atoms with Crippen molar-refractivity contribution in [1.29, 1.82) is 0 Å². The number of rotatable bonds is 7. The van der Waals surface area contributed by atoms with Gasteiger partial charge in [0.05, 0.1) is 19.2 Å². The van der Waals surface area contributed by atoms with Crippen LogP contribution in [0.1, 0.15) is 19.7 Å². The molecule has 0 amide bonds. The smallest absolute Gasteiger partial charge is 0.122 e. The van der Waals surface area contributed by atoms with Gasteiger partial charge in [0.25, 0.3) is 0 Å². The zero-order chi connectivity index (χ0) is 16.9. The first-order valence-electron chi connectivity index (χ1n) is 8.77. The summed E-state index contributed by atoms with van der Waals surface area (Å²) in [6.45, 7) is 10.5. The summed E-state index contributed by atoms with van der Waals surface area (Å²) < 4.78 is 3.99. The van der Waals surface area contributed by atoms with Crippen LogP contribution in [0.3, 0.4) is 0 Å². The SMILES string of the molecule is CCn1ccnc1CN1CCN(C[C@@H](O)Cn2cccn2)C[C@@H]1C. The predicted octanol–water partition coefficient (Wildman–Crippen LogP) is 0.667. The number of hydrogen-bond acceptors (Lipinski definition) is 5. The van der Waals surface area contributed by atoms with Gasteiger partial charge in [-0.2, -0.15) is 5.10 Å². The van der Waals surface area contributed by atoms with Crippen molar-refractivity contribution >= 4 is 0 Å². The van der Waals surface area contributed by atoms with Gasteiger partial charge < -0.3 is 9.67 Å². The third kappa shape index (κ3) is 4.23. The summed E-state index contributed by atoms with van der Waals surface area (Å²) in [4.78, 5) is 9.31. The molecule has 3 heterocycles. The van der Waals surface area contributed by atoms with Gasteiger partial charge in [0.2, 0.25) is 0 Å². The molecule has 1 N–H and O–H groups in total. The van der Waals surface area contributed by atoms with Crippen LogP contribution in [0.25, 0.3) is 0 Å². The minimum absolute atomic E-state index is 0.386. The van der Waals surface area contributed by atoms with Crippen LogP contribution in [-0.2, 0) is 19.6 Å². The maximum atomic E-state index is 10.3. The predicted molar refractivity (Wildman–Crippen MR) is 92.4 cm³/mol. The van der Waals surface area contributed by atoms with Crippen LogP contribution >= 0.6 is 0 Å². The first kappa shape index (κ1) is 17.1. The standard InChI is InChI=1S/C17H28N6O/c1-3-21-8-6-18-17(21)14-22-10-9-20(11-15(22)2)12-16(24)13-23-7-4-5-19-23/h4-8,15-16,24H,3,9-14H2,1-2H3/t15-,16+/m0/s1. The molecule has 1 aliphatic rings. The van der Waals surface area contributed by atoms with Crippen molar-refractivity contribution in [3.05, 3.63) is 36.7 Å². The number of aryl methyl sites for hydroxylation is 1. The highest BCUT2D eigenvalue weighted by atomic mass is 16.3. The molecular formula is C17H28N6O. The highest BCUT2D eigenvalue weighted by Gasteiger charge is 2.26. The number of nitrogens with zero attached hydrogens (tertiary/aromatic N) is 6. The van der Waals surface area contributed by atoms with Gasteiger partial charge in [0.1, 0.15) is 5.82 Å². The summed E-state index contributed by atoms with van der Waals surface area (Å²) in [5, 5.41) is 14.4. The molecule has 0 unspecified atom stereocenters. The Morgan fingerprint density at radius 2 is 2.12 bits per heavy atom. The lowest BCUT2D eigenvalue weighted by Gasteiger charge is -2.40. The quantitative estimate of drug-likeness (QED) is 0.807. The van der Waals surface area contributed by atoms with E-state index in [-0.39, 0.29) is 6.10 Å². The highest BCUT2D eigenvalue weighted by molar-refractivity contribution is 4.94. The van der Waals surface area contributed by atoms with Gasteiger partial charge in [0.15, 0.2) is 0 Å². The molecule has 3 rings (SSSR count). The second-order valence-electron chi connectivity index (χ2n) is 6.59. The zero-order valence-corrected chi connectivity index (χ0v) is 14.6. The van der Waals surface area contributed by atoms with E-state index in [1.54, 1.807) is 10.9 Å². The third-order valence-electron chi connectivity index (χ3n) is 4.76. The molecule has 0 spiro atoms. The Labute approximate surface area is 143 Å². The Morgan fingerprint density at radius 3 is 2.83 bits per heavy atom. The molecule has 0 aromatic carbocycles. The van der Waals surface area contributed by atoms with Crippen LogP contribution < -0.4 is 0 Å². The lowest BCUT2D eigenvalue weighted by Crippen LogP contribution is -2.53. The van der Waals surface area contributed by atoms with Crippen LogP contribution in [-0.4, -0.2) is 72.6 Å². The number of β-amino-alcohol motifs (C(OH)–C–C–N with tert-alkyl or cyclic N) is 1. The number of imidazole rings is 1. The van der Waals surface area contributed by atoms with E-state index in [1.165, 1.54) is 0 Å². The topological polar surface area (TPSA) is 62.4 Å². The summed E-state index contributed by atoms with van der Waals surface area (Å²) in [7, 11) is 0. The molecule has 0 bridgehead atoms. The number of aliphatic hydroxyl groups is 1. The molecule has 0 aliphatic carbocycles. The first-order valence-corrected chi connectivity index (χ1v) is 8.77. The molecule has 2 aromatic heterocycles. The molecule has 24 heavy (non-hydrogen) atoms. The largest absolute Gasteiger partial charge is 0.390 e. The van der Waals surface area contributed by atoms with Crippen LogP contribution in [0.2, 0.25) is 0 Å². The van der Waals surface area contributed by atoms with E-state index in [2.05, 4.69) is 38.3 Å². The van der Waals surface area contributed by atoms with Crippen LogP contribution in [0.15, 0.2) is 30.9 Å². The van der Waals surface area contributed by atoms with Crippen molar-refractivity contribution < 1.29 is 5.11 Å². The average molecular weight is 332 g/mol. The van der Waals surface area contributed by atoms with Gasteiger partial charge in [-0.25, -0.2) is 4.98 Å². The van der Waals surface area contributed by atoms with E-state index >= 15 is 0 Å². The fourth-order valence-corrected chi connectivity index (χ4v) is 3.41. The van der Waals surface area contributed by atoms with E-state index in [0.717, 1.165) is 38.5 Å². The third-order valence-corrected chi connectivity index (χ3v) is 4.76. The molecule has 0 saturated carbocycles. The molecule has 7 nitrogen and oxygen atoms in total. The summed E-state index contributed by atoms with van der Waals surface area (Å²) in [5.74, 6) is 1.14. The zero-order valence-electron chi connectivity index (χ0n) is 14.6. The molecule has 2 aromatic rings. The van der Waals surface area contributed by atoms with E-state index in [9.17, 15) is 5.11 Å². The van der Waals surface area contributed by atoms with Crippen molar-refractivity contribution in [2.75, 3.05) is 26.2 Å². The Kier molecular flexibility index (Phi) is 5.65. The van der Waals surface area contributed by atoms with E-state index in [1.807, 2.05) is 24.7 Å². The average Bonchev–Trinajstić information content (AvgIpc) is 3.21. The lowest BCUT2D eigenvalue weighted by atomic mass is 10.1. The van der Waals surface area contributed by atoms with E-state index < -0.39 is 0 Å². The number of hydrogen-bond donors (Lipinski definition) is 1. The van der Waals surface area contributed by atoms with Gasteiger partial charge in [0, 0.05) is 63.6 Å². The number of aromatic nitrogens is 4. The molecule has 1 saturated heterocycles. The van der Waals surface area contributed by atoms with Gasteiger partial charge in [-0.15, -0.1) is 0 Å². The maximum Gasteiger partial charge on any atom is 0.122 e. The van der Waals surface area contributed by atoms with Crippen molar-refractivity contribution in [2.24, 2.45) is 0 Å². The maximum absolute atomic E-state index is 10.3. The van der Waals surface area contributed by atoms with Crippen LogP contribution in [0.5, 0.6) is 0 Å². The highest BCUT2D eigenvalue weighted by Crippen LogP contribution is 2.14. The second-order valence-corrected chi connectivity index (χ2v) is 6.59. The first-order chi connectivity index (χ1) is 11.7. The van der Waals surface area contributed by atoms with Crippen LogP contribution in [0.4, 0.5) is 0 Å². The normalized spacial score (nSPS) is 21.2. The molecular weight excluding hydrogens is 304 g/mol. The Bertz CT molecular complexity index is 610. The lowest BCUT2D eigenvalue weighted by molar-refractivity contribution is 0.0344. The van der Waals surface area contributed by atoms with E-state index in [4.69, 9.17) is 0 Å². The summed E-state index contributed by atoms with van der Waals surface area (Å²) >= 11 is 0. The molecule has 132 valence electrons. The molecule has 7 heteroatoms. The second kappa shape index (κ2) is 7.92. The molecule has 1 aliphatic heterocycles. The van der Waals surface area contributed by atoms with Gasteiger partial charge >= 0.3 is 0 Å². The van der Waals surface area contributed by atoms with Crippen LogP contribution in [0, 0.1) is 0 Å². The van der Waals surface area contributed by atoms with Crippen molar-refractivity contribution in [1.82, 2.24) is 29.1 Å². The minimum atomic E-state index is -0.386. The van der Waals surface area contributed by atoms with Gasteiger partial charge in [-0.3, -0.25) is 14.5 Å². The monoisotopic (exact) mass is 332 g/mol. The number of piperazine rings is 1. The molecule has 1 fully saturated rings. The van der Waals surface area contributed by atoms with E-state index in [0.29, 0.717) is 19.1 Å². The molecule has 0 radical (unpaired) electrons. The summed E-state index contributed by atoms with van der Waals surface area (Å²) in [6.07, 6.45) is 7.17. The summed E-state index contributed by atoms with van der Waals surface area (Å²) in [6, 6.07) is 2.34. The fraction of sp³-hybridized carbons (Fsp3) is 0.647. The van der Waals surface area contributed by atoms with Crippen molar-refractivity contribution in [3.8, 4) is 0 Å². The van der Waals surface area contributed by atoms with Crippen molar-refractivity contribution in [3.63, 3.8) is 0 Å². The Balaban J connectivity index is 1.48. The van der Waals surface area contributed by atoms with Gasteiger partial charge in [-0.1, -0.05) is 0 Å². The Hall–Kier alpha value is -1.70. The fourth-order valence-electron chi connectivity index (χ4n) is 3.41. The van der Waals surface area contributed by atoms with Crippen molar-refractivity contribution in [2.45, 2.75) is 45.6 Å². The number of aliphatic hydroxyl groups excluding tert-OH is 1. The Morgan fingerprint density at radius 1 is 1.25 bits per heavy atom.